The molecule has 16 heavy (non-hydrogen) atoms. The minimum Gasteiger partial charge on any atom is -1.00 e. The predicted octanol–water partition coefficient (Wildman–Crippen LogP) is -4.14. The standard InChI is InChI=1S/C8H21NO5P.HI/c1-9(2,3)4-5-14-15(13)8(12)7(11)6-10;/h7-8,10-12,15H,4-6H2,1-3H3;1H/q+1;/p-1. The summed E-state index contributed by atoms with van der Waals surface area (Å²) in [5.74, 6) is -1.49. The van der Waals surface area contributed by atoms with Gasteiger partial charge in [0.25, 0.3) is 0 Å². The first-order valence-electron chi connectivity index (χ1n) is 4.72. The van der Waals surface area contributed by atoms with Crippen molar-refractivity contribution >= 4 is 8.03 Å². The zero-order valence-corrected chi connectivity index (χ0v) is 12.9. The second kappa shape index (κ2) is 8.79. The molecule has 0 aromatic heterocycles. The lowest BCUT2D eigenvalue weighted by molar-refractivity contribution is -0.870. The molecule has 6 nitrogen and oxygen atoms in total. The van der Waals surface area contributed by atoms with Crippen molar-refractivity contribution in [3.63, 3.8) is 0 Å². The molecule has 0 aliphatic rings. The van der Waals surface area contributed by atoms with Crippen molar-refractivity contribution in [1.29, 1.82) is 0 Å². The van der Waals surface area contributed by atoms with Crippen LogP contribution >= 0.6 is 8.03 Å². The van der Waals surface area contributed by atoms with Gasteiger partial charge in [0, 0.05) is 0 Å². The predicted molar refractivity (Wildman–Crippen MR) is 57.0 cm³/mol. The van der Waals surface area contributed by atoms with Crippen molar-refractivity contribution < 1.29 is 52.9 Å². The maximum atomic E-state index is 11.3. The molecule has 0 saturated carbocycles. The van der Waals surface area contributed by atoms with Crippen LogP contribution in [0, 0.1) is 0 Å². The lowest BCUT2D eigenvalue weighted by atomic mass is 10.4. The third kappa shape index (κ3) is 8.86. The molecule has 3 N–H and O–H groups in total. The highest BCUT2D eigenvalue weighted by atomic mass is 127. The van der Waals surface area contributed by atoms with Crippen LogP contribution in [0.2, 0.25) is 0 Å². The van der Waals surface area contributed by atoms with Crippen molar-refractivity contribution in [2.75, 3.05) is 40.9 Å². The fourth-order valence-corrected chi connectivity index (χ4v) is 1.65. The van der Waals surface area contributed by atoms with E-state index >= 15 is 0 Å². The highest BCUT2D eigenvalue weighted by molar-refractivity contribution is 7.39. The number of aliphatic hydroxyl groups is 3. The molecule has 8 heteroatoms. The van der Waals surface area contributed by atoms with Crippen LogP contribution in [0.5, 0.6) is 0 Å². The van der Waals surface area contributed by atoms with Gasteiger partial charge in [0.2, 0.25) is 8.03 Å². The fourth-order valence-electron chi connectivity index (χ4n) is 0.762. The number of likely N-dealkylation sites (N-methyl/N-ethyl adjacent to an activating group) is 1. The molecule has 0 fully saturated rings. The Kier molecular flexibility index (Phi) is 10.5. The molecule has 3 unspecified atom stereocenters. The van der Waals surface area contributed by atoms with Crippen LogP contribution in [-0.4, -0.2) is 72.7 Å². The molecular formula is C8H21INO5P. The highest BCUT2D eigenvalue weighted by Gasteiger charge is 2.22. The van der Waals surface area contributed by atoms with E-state index in [4.69, 9.17) is 14.7 Å². The Bertz CT molecular complexity index is 211. The molecule has 0 aromatic rings. The van der Waals surface area contributed by atoms with Crippen molar-refractivity contribution in [2.45, 2.75) is 11.9 Å². The third-order valence-electron chi connectivity index (χ3n) is 1.80. The summed E-state index contributed by atoms with van der Waals surface area (Å²) < 4.78 is 16.8. The minimum atomic E-state index is -2.72. The maximum Gasteiger partial charge on any atom is 0.222 e. The van der Waals surface area contributed by atoms with Gasteiger partial charge in [-0.05, 0) is 0 Å². The van der Waals surface area contributed by atoms with Gasteiger partial charge in [0.15, 0.2) is 5.85 Å². The number of nitrogens with zero attached hydrogens (tertiary/aromatic N) is 1. The summed E-state index contributed by atoms with van der Waals surface area (Å²) in [4.78, 5) is 0. The molecule has 0 saturated heterocycles. The molecule has 0 aliphatic heterocycles. The zero-order chi connectivity index (χ0) is 12.1. The van der Waals surface area contributed by atoms with Gasteiger partial charge in [-0.15, -0.1) is 0 Å². The number of hydrogen-bond acceptors (Lipinski definition) is 5. The van der Waals surface area contributed by atoms with E-state index in [1.165, 1.54) is 0 Å². The first-order chi connectivity index (χ1) is 6.78. The number of rotatable bonds is 7. The first kappa shape index (κ1) is 19.1. The second-order valence-corrected chi connectivity index (χ2v) is 5.89. The molecular weight excluding hydrogens is 348 g/mol. The molecule has 0 amide bonds. The number of aliphatic hydroxyl groups excluding tert-OH is 3. The van der Waals surface area contributed by atoms with E-state index in [1.807, 2.05) is 21.1 Å². The molecule has 100 valence electrons. The van der Waals surface area contributed by atoms with Crippen LogP contribution in [0.25, 0.3) is 0 Å². The van der Waals surface area contributed by atoms with Crippen molar-refractivity contribution in [1.82, 2.24) is 0 Å². The molecule has 3 atom stereocenters. The molecule has 0 spiro atoms. The molecule has 0 rings (SSSR count). The Balaban J connectivity index is 0. The number of hydrogen-bond donors (Lipinski definition) is 3. The minimum absolute atomic E-state index is 0. The molecule has 0 heterocycles. The third-order valence-corrected chi connectivity index (χ3v) is 3.16. The van der Waals surface area contributed by atoms with Crippen molar-refractivity contribution in [3.8, 4) is 0 Å². The van der Waals surface area contributed by atoms with E-state index in [2.05, 4.69) is 0 Å². The lowest BCUT2D eigenvalue weighted by Gasteiger charge is -2.24. The fraction of sp³-hybridized carbons (Fsp3) is 1.00. The van der Waals surface area contributed by atoms with E-state index in [9.17, 15) is 9.67 Å². The van der Waals surface area contributed by atoms with Gasteiger partial charge >= 0.3 is 0 Å². The van der Waals surface area contributed by atoms with Crippen LogP contribution in [0.1, 0.15) is 0 Å². The van der Waals surface area contributed by atoms with E-state index in [0.29, 0.717) is 11.0 Å². The summed E-state index contributed by atoms with van der Waals surface area (Å²) in [5.41, 5.74) is 0. The van der Waals surface area contributed by atoms with E-state index in [0.717, 1.165) is 0 Å². The SMILES string of the molecule is C[N+](C)(C)CCO[PH](=O)C(O)C(O)CO.[I-]. The van der Waals surface area contributed by atoms with Crippen LogP contribution in [0.15, 0.2) is 0 Å². The van der Waals surface area contributed by atoms with Gasteiger partial charge in [-0.3, -0.25) is 4.57 Å². The van der Waals surface area contributed by atoms with Gasteiger partial charge in [-0.25, -0.2) is 0 Å². The highest BCUT2D eigenvalue weighted by Crippen LogP contribution is 2.29. The number of quaternary nitrogens is 1. The Morgan fingerprint density at radius 3 is 2.19 bits per heavy atom. The Labute approximate surface area is 114 Å². The second-order valence-electron chi connectivity index (χ2n) is 4.38. The van der Waals surface area contributed by atoms with Gasteiger partial charge in [0.1, 0.15) is 19.3 Å². The largest absolute Gasteiger partial charge is 1.00 e. The van der Waals surface area contributed by atoms with E-state index in [-0.39, 0.29) is 30.6 Å². The summed E-state index contributed by atoms with van der Waals surface area (Å²) in [6.45, 7) is 0.269. The van der Waals surface area contributed by atoms with Gasteiger partial charge < -0.3 is 48.3 Å². The average molecular weight is 369 g/mol. The lowest BCUT2D eigenvalue weighted by Crippen LogP contribution is -3.00. The van der Waals surface area contributed by atoms with E-state index in [1.54, 1.807) is 0 Å². The van der Waals surface area contributed by atoms with Crippen LogP contribution in [0.3, 0.4) is 0 Å². The Morgan fingerprint density at radius 2 is 1.81 bits per heavy atom. The zero-order valence-electron chi connectivity index (χ0n) is 9.76. The molecule has 0 bridgehead atoms. The summed E-state index contributed by atoms with van der Waals surface area (Å²) in [5, 5.41) is 26.7. The Morgan fingerprint density at radius 1 is 1.31 bits per heavy atom. The van der Waals surface area contributed by atoms with Crippen molar-refractivity contribution in [3.05, 3.63) is 0 Å². The Hall–Kier alpha value is 0.760. The quantitative estimate of drug-likeness (QED) is 0.241. The average Bonchev–Trinajstić information content (AvgIpc) is 2.13. The maximum absolute atomic E-state index is 11.3. The molecule has 0 radical (unpaired) electrons. The summed E-state index contributed by atoms with van der Waals surface area (Å²) in [7, 11) is 3.16. The van der Waals surface area contributed by atoms with Crippen LogP contribution in [-0.2, 0) is 9.09 Å². The monoisotopic (exact) mass is 369 g/mol. The van der Waals surface area contributed by atoms with E-state index < -0.39 is 26.6 Å². The van der Waals surface area contributed by atoms with Gasteiger partial charge in [-0.2, -0.15) is 0 Å². The normalized spacial score (nSPS) is 17.4. The van der Waals surface area contributed by atoms with Crippen LogP contribution in [0.4, 0.5) is 0 Å². The summed E-state index contributed by atoms with van der Waals surface area (Å²) in [6, 6.07) is 0. The van der Waals surface area contributed by atoms with Crippen LogP contribution < -0.4 is 24.0 Å². The van der Waals surface area contributed by atoms with Crippen molar-refractivity contribution in [2.24, 2.45) is 0 Å². The molecule has 0 aromatic carbocycles. The topological polar surface area (TPSA) is 87.0 Å². The molecule has 0 aliphatic carbocycles. The van der Waals surface area contributed by atoms with Gasteiger partial charge in [-0.1, -0.05) is 0 Å². The summed E-state index contributed by atoms with van der Waals surface area (Å²) >= 11 is 0. The number of halogens is 1. The smallest absolute Gasteiger partial charge is 0.222 e. The van der Waals surface area contributed by atoms with Gasteiger partial charge in [0.05, 0.1) is 27.7 Å². The first-order valence-corrected chi connectivity index (χ1v) is 6.11. The summed E-state index contributed by atoms with van der Waals surface area (Å²) in [6.07, 6.45) is -1.40.